The molecule has 0 saturated carbocycles. The van der Waals surface area contributed by atoms with E-state index in [2.05, 4.69) is 0 Å². The normalized spacial score (nSPS) is 12.7. The second-order valence-corrected chi connectivity index (χ2v) is 5.64. The van der Waals surface area contributed by atoms with Crippen LogP contribution in [0.1, 0.15) is 41.5 Å². The van der Waals surface area contributed by atoms with Gasteiger partial charge in [-0.1, -0.05) is 13.8 Å². The molecule has 0 amide bonds. The van der Waals surface area contributed by atoms with Gasteiger partial charge in [0.1, 0.15) is 6.61 Å². The Morgan fingerprint density at radius 3 is 1.94 bits per heavy atom. The Balaban J connectivity index is 4.45. The molecule has 0 unspecified atom stereocenters. The molecule has 0 saturated heterocycles. The molecule has 0 heterocycles. The van der Waals surface area contributed by atoms with Crippen molar-refractivity contribution in [3.63, 3.8) is 0 Å². The molecule has 94 valence electrons. The molecule has 0 radical (unpaired) electrons. The van der Waals surface area contributed by atoms with Crippen molar-refractivity contribution in [3.8, 4) is 0 Å². The number of hydrogen-bond donors (Lipinski definition) is 1. The third-order valence-electron chi connectivity index (χ3n) is 3.11. The Kier molecular flexibility index (Phi) is 4.53. The molecule has 0 fully saturated rings. The summed E-state index contributed by atoms with van der Waals surface area (Å²) in [7, 11) is 0. The third-order valence-corrected chi connectivity index (χ3v) is 3.11. The summed E-state index contributed by atoms with van der Waals surface area (Å²) in [6.07, 6.45) is 0. The number of esters is 1. The van der Waals surface area contributed by atoms with Gasteiger partial charge in [-0.05, 0) is 33.6 Å². The van der Waals surface area contributed by atoms with E-state index in [0.29, 0.717) is 0 Å². The molecule has 16 heavy (non-hydrogen) atoms. The van der Waals surface area contributed by atoms with Crippen molar-refractivity contribution in [1.82, 2.24) is 0 Å². The highest BCUT2D eigenvalue weighted by atomic mass is 16.5. The van der Waals surface area contributed by atoms with Crippen LogP contribution in [0.15, 0.2) is 0 Å². The van der Waals surface area contributed by atoms with Gasteiger partial charge in [0, 0.05) is 0 Å². The summed E-state index contributed by atoms with van der Waals surface area (Å²) in [6.45, 7) is 10.4. The van der Waals surface area contributed by atoms with E-state index in [1.54, 1.807) is 13.8 Å². The number of carboxylic acids is 1. The number of carbonyl (C=O) groups is 2. The molecule has 0 bridgehead atoms. The van der Waals surface area contributed by atoms with Gasteiger partial charge in [-0.2, -0.15) is 0 Å². The second-order valence-electron chi connectivity index (χ2n) is 5.64. The maximum absolute atomic E-state index is 11.8. The van der Waals surface area contributed by atoms with Gasteiger partial charge in [0.05, 0.1) is 10.8 Å². The zero-order chi connectivity index (χ0) is 13.1. The average Bonchev–Trinajstić information content (AvgIpc) is 2.13. The smallest absolute Gasteiger partial charge is 0.312 e. The first-order valence-corrected chi connectivity index (χ1v) is 5.42. The molecule has 0 aliphatic heterocycles. The van der Waals surface area contributed by atoms with Crippen molar-refractivity contribution < 1.29 is 19.4 Å². The molecule has 0 aliphatic carbocycles. The van der Waals surface area contributed by atoms with Crippen LogP contribution in [0.2, 0.25) is 0 Å². The number of aliphatic carboxylic acids is 1. The van der Waals surface area contributed by atoms with Crippen LogP contribution >= 0.6 is 0 Å². The van der Waals surface area contributed by atoms with Gasteiger partial charge in [-0.25, -0.2) is 0 Å². The van der Waals surface area contributed by atoms with E-state index >= 15 is 0 Å². The molecule has 4 heteroatoms. The highest BCUT2D eigenvalue weighted by Crippen LogP contribution is 2.28. The summed E-state index contributed by atoms with van der Waals surface area (Å²) in [5.41, 5.74) is -1.63. The van der Waals surface area contributed by atoms with E-state index < -0.39 is 16.8 Å². The van der Waals surface area contributed by atoms with Crippen molar-refractivity contribution in [2.24, 2.45) is 16.7 Å². The van der Waals surface area contributed by atoms with Crippen molar-refractivity contribution in [1.29, 1.82) is 0 Å². The standard InChI is InChI=1S/C12H22O4/c1-8(2)12(5,6)10(15)16-7-11(3,4)9(13)14/h8H,7H2,1-6H3,(H,13,14). The van der Waals surface area contributed by atoms with Crippen LogP contribution in [-0.4, -0.2) is 23.7 Å². The molecule has 0 atom stereocenters. The number of hydrogen-bond acceptors (Lipinski definition) is 3. The molecular formula is C12H22O4. The van der Waals surface area contributed by atoms with Crippen LogP contribution < -0.4 is 0 Å². The van der Waals surface area contributed by atoms with Gasteiger partial charge in [0.15, 0.2) is 0 Å². The Morgan fingerprint density at radius 2 is 1.62 bits per heavy atom. The Labute approximate surface area is 97.0 Å². The number of carboxylic acid groups (broad SMARTS) is 1. The molecule has 0 spiro atoms. The first kappa shape index (κ1) is 14.9. The fourth-order valence-corrected chi connectivity index (χ4v) is 0.729. The van der Waals surface area contributed by atoms with Gasteiger partial charge < -0.3 is 9.84 Å². The van der Waals surface area contributed by atoms with Crippen molar-refractivity contribution >= 4 is 11.9 Å². The summed E-state index contributed by atoms with van der Waals surface area (Å²) in [4.78, 5) is 22.6. The van der Waals surface area contributed by atoms with Gasteiger partial charge in [-0.3, -0.25) is 9.59 Å². The minimum atomic E-state index is -1.04. The molecule has 1 N–H and O–H groups in total. The van der Waals surface area contributed by atoms with Gasteiger partial charge in [0.25, 0.3) is 0 Å². The minimum absolute atomic E-state index is 0.0999. The first-order valence-electron chi connectivity index (χ1n) is 5.42. The van der Waals surface area contributed by atoms with Crippen molar-refractivity contribution in [2.45, 2.75) is 41.5 Å². The van der Waals surface area contributed by atoms with E-state index in [0.717, 1.165) is 0 Å². The Bertz CT molecular complexity index is 277. The SMILES string of the molecule is CC(C)C(C)(C)C(=O)OCC(C)(C)C(=O)O. The van der Waals surface area contributed by atoms with E-state index in [4.69, 9.17) is 9.84 Å². The second kappa shape index (κ2) is 4.85. The molecule has 0 aromatic carbocycles. The van der Waals surface area contributed by atoms with Crippen LogP contribution in [0.5, 0.6) is 0 Å². The van der Waals surface area contributed by atoms with Crippen molar-refractivity contribution in [3.05, 3.63) is 0 Å². The van der Waals surface area contributed by atoms with E-state index in [1.807, 2.05) is 13.8 Å². The lowest BCUT2D eigenvalue weighted by molar-refractivity contribution is -0.164. The third kappa shape index (κ3) is 3.51. The summed E-state index contributed by atoms with van der Waals surface area (Å²) in [5.74, 6) is -1.17. The van der Waals surface area contributed by atoms with Gasteiger partial charge in [-0.15, -0.1) is 0 Å². The minimum Gasteiger partial charge on any atom is -0.481 e. The fraction of sp³-hybridized carbons (Fsp3) is 0.833. The molecule has 0 aliphatic rings. The molecular weight excluding hydrogens is 208 g/mol. The van der Waals surface area contributed by atoms with Gasteiger partial charge >= 0.3 is 11.9 Å². The predicted molar refractivity (Wildman–Crippen MR) is 61.0 cm³/mol. The van der Waals surface area contributed by atoms with E-state index in [-0.39, 0.29) is 18.5 Å². The van der Waals surface area contributed by atoms with Crippen LogP contribution in [0.3, 0.4) is 0 Å². The van der Waals surface area contributed by atoms with Crippen LogP contribution in [0.25, 0.3) is 0 Å². The predicted octanol–water partition coefficient (Wildman–Crippen LogP) is 2.32. The lowest BCUT2D eigenvalue weighted by atomic mass is 9.81. The quantitative estimate of drug-likeness (QED) is 0.736. The van der Waals surface area contributed by atoms with E-state index in [9.17, 15) is 9.59 Å². The summed E-state index contributed by atoms with van der Waals surface area (Å²) < 4.78 is 5.07. The van der Waals surface area contributed by atoms with Crippen LogP contribution in [0, 0.1) is 16.7 Å². The highest BCUT2D eigenvalue weighted by Gasteiger charge is 2.36. The van der Waals surface area contributed by atoms with Crippen LogP contribution in [-0.2, 0) is 14.3 Å². The first-order chi connectivity index (χ1) is 7.01. The molecule has 0 aromatic heterocycles. The van der Waals surface area contributed by atoms with Gasteiger partial charge in [0.2, 0.25) is 0 Å². The maximum Gasteiger partial charge on any atom is 0.312 e. The Hall–Kier alpha value is -1.06. The lowest BCUT2D eigenvalue weighted by Gasteiger charge is -2.28. The Morgan fingerprint density at radius 1 is 1.19 bits per heavy atom. The fourth-order valence-electron chi connectivity index (χ4n) is 0.729. The summed E-state index contributed by atoms with van der Waals surface area (Å²) in [6, 6.07) is 0. The zero-order valence-electron chi connectivity index (χ0n) is 11.0. The van der Waals surface area contributed by atoms with Crippen molar-refractivity contribution in [2.75, 3.05) is 6.61 Å². The monoisotopic (exact) mass is 230 g/mol. The maximum atomic E-state index is 11.8. The van der Waals surface area contributed by atoms with E-state index in [1.165, 1.54) is 13.8 Å². The number of rotatable bonds is 5. The highest BCUT2D eigenvalue weighted by molar-refractivity contribution is 5.78. The van der Waals surface area contributed by atoms with Crippen LogP contribution in [0.4, 0.5) is 0 Å². The molecule has 0 rings (SSSR count). The lowest BCUT2D eigenvalue weighted by Crippen LogP contribution is -2.36. The average molecular weight is 230 g/mol. The number of carbonyl (C=O) groups excluding carboxylic acids is 1. The summed E-state index contributed by atoms with van der Waals surface area (Å²) in [5, 5.41) is 8.87. The largest absolute Gasteiger partial charge is 0.481 e. The molecule has 4 nitrogen and oxygen atoms in total. The topological polar surface area (TPSA) is 63.6 Å². The summed E-state index contributed by atoms with van der Waals surface area (Å²) >= 11 is 0. The zero-order valence-corrected chi connectivity index (χ0v) is 11.0. The number of ether oxygens (including phenoxy) is 1. The molecule has 0 aromatic rings.